The zero-order valence-electron chi connectivity index (χ0n) is 13.2. The normalized spacial score (nSPS) is 21.4. The zero-order valence-corrected chi connectivity index (χ0v) is 13.2. The summed E-state index contributed by atoms with van der Waals surface area (Å²) in [7, 11) is 3.66. The molecule has 1 N–H and O–H groups in total. The van der Waals surface area contributed by atoms with E-state index in [0.29, 0.717) is 30.0 Å². The molecule has 124 valence electrons. The van der Waals surface area contributed by atoms with Crippen molar-refractivity contribution >= 4 is 12.0 Å². The quantitative estimate of drug-likeness (QED) is 0.668. The number of benzene rings is 1. The number of nitrogens with zero attached hydrogens (tertiary/aromatic N) is 3. The van der Waals surface area contributed by atoms with Crippen LogP contribution in [0.25, 0.3) is 0 Å². The summed E-state index contributed by atoms with van der Waals surface area (Å²) >= 11 is 0. The molecule has 1 saturated heterocycles. The highest BCUT2D eigenvalue weighted by Gasteiger charge is 2.29. The van der Waals surface area contributed by atoms with Gasteiger partial charge in [-0.05, 0) is 25.1 Å². The number of piperidine rings is 1. The van der Waals surface area contributed by atoms with Crippen LogP contribution in [0.5, 0.6) is 5.75 Å². The van der Waals surface area contributed by atoms with Gasteiger partial charge in [0.05, 0.1) is 18.1 Å². The lowest BCUT2D eigenvalue weighted by Crippen LogP contribution is -2.46. The van der Waals surface area contributed by atoms with Crippen LogP contribution in [-0.4, -0.2) is 50.4 Å². The molecule has 2 rings (SSSR count). The third kappa shape index (κ3) is 4.63. The van der Waals surface area contributed by atoms with Crippen molar-refractivity contribution in [3.63, 3.8) is 0 Å². The molecule has 2 atom stereocenters. The molecule has 5 nitrogen and oxygen atoms in total. The van der Waals surface area contributed by atoms with Gasteiger partial charge >= 0.3 is 0 Å². The van der Waals surface area contributed by atoms with E-state index in [1.54, 1.807) is 29.4 Å². The van der Waals surface area contributed by atoms with Crippen LogP contribution in [0.3, 0.4) is 0 Å². The van der Waals surface area contributed by atoms with Gasteiger partial charge in [0.25, 0.3) is 6.43 Å². The molecule has 0 amide bonds. The molecular formula is C16H20F2N4O. The van der Waals surface area contributed by atoms with E-state index in [-0.39, 0.29) is 12.5 Å². The molecule has 1 aromatic rings. The molecule has 0 aromatic heterocycles. The predicted molar refractivity (Wildman–Crippen MR) is 84.4 cm³/mol. The number of aliphatic imine (C=N–C) groups is 1. The zero-order chi connectivity index (χ0) is 16.8. The predicted octanol–water partition coefficient (Wildman–Crippen LogP) is 2.54. The highest BCUT2D eigenvalue weighted by atomic mass is 19.3. The van der Waals surface area contributed by atoms with Crippen LogP contribution in [0.4, 0.5) is 14.5 Å². The third-order valence-electron chi connectivity index (χ3n) is 3.53. The molecule has 1 aromatic carbocycles. The fourth-order valence-corrected chi connectivity index (χ4v) is 2.41. The van der Waals surface area contributed by atoms with Crippen molar-refractivity contribution in [2.24, 2.45) is 4.99 Å². The van der Waals surface area contributed by atoms with Crippen molar-refractivity contribution < 1.29 is 13.5 Å². The Kier molecular flexibility index (Phi) is 5.88. The first-order chi connectivity index (χ1) is 11.0. The Morgan fingerprint density at radius 3 is 2.91 bits per heavy atom. The van der Waals surface area contributed by atoms with Gasteiger partial charge in [-0.2, -0.15) is 5.26 Å². The minimum atomic E-state index is -2.42. The first-order valence-corrected chi connectivity index (χ1v) is 7.43. The molecule has 0 saturated carbocycles. The Morgan fingerprint density at radius 1 is 1.48 bits per heavy atom. The lowest BCUT2D eigenvalue weighted by atomic mass is 10.0. The van der Waals surface area contributed by atoms with Crippen LogP contribution in [0, 0.1) is 11.3 Å². The van der Waals surface area contributed by atoms with Crippen LogP contribution in [0.1, 0.15) is 18.4 Å². The van der Waals surface area contributed by atoms with Gasteiger partial charge in [-0.1, -0.05) is 6.07 Å². The van der Waals surface area contributed by atoms with Crippen molar-refractivity contribution in [3.8, 4) is 11.8 Å². The first-order valence-electron chi connectivity index (χ1n) is 7.43. The van der Waals surface area contributed by atoms with Crippen molar-refractivity contribution in [3.05, 3.63) is 23.8 Å². The van der Waals surface area contributed by atoms with Gasteiger partial charge in [-0.15, -0.1) is 0 Å². The minimum Gasteiger partial charge on any atom is -0.489 e. The SMILES string of the molecule is CN(C)/C=N/c1cccc(OC2CCNC(C(F)F)C2)c1C#N. The second-order valence-electron chi connectivity index (χ2n) is 5.63. The average molecular weight is 322 g/mol. The van der Waals surface area contributed by atoms with Crippen LogP contribution in [0.15, 0.2) is 23.2 Å². The van der Waals surface area contributed by atoms with Crippen molar-refractivity contribution in [2.45, 2.75) is 31.4 Å². The molecule has 1 heterocycles. The molecule has 1 aliphatic heterocycles. The van der Waals surface area contributed by atoms with E-state index < -0.39 is 12.5 Å². The Hall–Kier alpha value is -2.20. The van der Waals surface area contributed by atoms with E-state index in [1.165, 1.54) is 0 Å². The van der Waals surface area contributed by atoms with Gasteiger partial charge in [0.1, 0.15) is 23.5 Å². The largest absolute Gasteiger partial charge is 0.489 e. The number of nitriles is 1. The van der Waals surface area contributed by atoms with Crippen molar-refractivity contribution in [1.29, 1.82) is 5.26 Å². The van der Waals surface area contributed by atoms with Crippen LogP contribution in [0.2, 0.25) is 0 Å². The van der Waals surface area contributed by atoms with Gasteiger partial charge in [-0.25, -0.2) is 13.8 Å². The highest BCUT2D eigenvalue weighted by Crippen LogP contribution is 2.30. The summed E-state index contributed by atoms with van der Waals surface area (Å²) in [4.78, 5) is 6.00. The standard InChI is InChI=1S/C16H20F2N4O/c1-22(2)10-21-13-4-3-5-15(12(13)9-19)23-11-6-7-20-14(8-11)16(17)18/h3-5,10-11,14,16,20H,6-8H2,1-2H3/b21-10+. The molecule has 0 spiro atoms. The molecule has 0 bridgehead atoms. The molecular weight excluding hydrogens is 302 g/mol. The van der Waals surface area contributed by atoms with E-state index >= 15 is 0 Å². The Balaban J connectivity index is 2.16. The maximum atomic E-state index is 12.8. The Bertz CT molecular complexity index is 598. The highest BCUT2D eigenvalue weighted by molar-refractivity contribution is 5.67. The Morgan fingerprint density at radius 2 is 2.26 bits per heavy atom. The summed E-state index contributed by atoms with van der Waals surface area (Å²) in [6, 6.07) is 6.36. The fourth-order valence-electron chi connectivity index (χ4n) is 2.41. The number of nitrogens with one attached hydrogen (secondary N) is 1. The van der Waals surface area contributed by atoms with Crippen molar-refractivity contribution in [1.82, 2.24) is 10.2 Å². The first kappa shape index (κ1) is 17.2. The minimum absolute atomic E-state index is 0.216. The number of alkyl halides is 2. The molecule has 0 aliphatic carbocycles. The summed E-state index contributed by atoms with van der Waals surface area (Å²) in [6.07, 6.45) is -0.326. The maximum absolute atomic E-state index is 12.8. The number of rotatable bonds is 5. The maximum Gasteiger partial charge on any atom is 0.253 e. The molecule has 2 unspecified atom stereocenters. The molecule has 23 heavy (non-hydrogen) atoms. The summed E-state index contributed by atoms with van der Waals surface area (Å²) in [6.45, 7) is 0.472. The molecule has 7 heteroatoms. The van der Waals surface area contributed by atoms with E-state index in [9.17, 15) is 14.0 Å². The second kappa shape index (κ2) is 7.88. The fraction of sp³-hybridized carbons (Fsp3) is 0.500. The summed E-state index contributed by atoms with van der Waals surface area (Å²) in [5.41, 5.74) is 0.816. The van der Waals surface area contributed by atoms with Gasteiger partial charge < -0.3 is 15.0 Å². The average Bonchev–Trinajstić information content (AvgIpc) is 2.53. The van der Waals surface area contributed by atoms with Gasteiger partial charge in [0.15, 0.2) is 0 Å². The lowest BCUT2D eigenvalue weighted by Gasteiger charge is -2.30. The Labute approximate surface area is 134 Å². The summed E-state index contributed by atoms with van der Waals surface area (Å²) in [5.74, 6) is 0.390. The van der Waals surface area contributed by atoms with E-state index in [4.69, 9.17) is 4.74 Å². The van der Waals surface area contributed by atoms with Crippen LogP contribution < -0.4 is 10.1 Å². The van der Waals surface area contributed by atoms with Gasteiger partial charge in [0.2, 0.25) is 0 Å². The van der Waals surface area contributed by atoms with Gasteiger partial charge in [0, 0.05) is 20.5 Å². The second-order valence-corrected chi connectivity index (χ2v) is 5.63. The molecule has 1 aliphatic rings. The third-order valence-corrected chi connectivity index (χ3v) is 3.53. The van der Waals surface area contributed by atoms with E-state index in [2.05, 4.69) is 16.4 Å². The van der Waals surface area contributed by atoms with Gasteiger partial charge in [-0.3, -0.25) is 0 Å². The number of hydrogen-bond acceptors (Lipinski definition) is 4. The van der Waals surface area contributed by atoms with E-state index in [1.807, 2.05) is 14.1 Å². The number of halogens is 2. The summed E-state index contributed by atoms with van der Waals surface area (Å²) in [5, 5.41) is 12.2. The lowest BCUT2D eigenvalue weighted by molar-refractivity contribution is 0.0464. The van der Waals surface area contributed by atoms with Crippen LogP contribution >= 0.6 is 0 Å². The smallest absolute Gasteiger partial charge is 0.253 e. The number of ether oxygens (including phenoxy) is 1. The van der Waals surface area contributed by atoms with Crippen molar-refractivity contribution in [2.75, 3.05) is 20.6 Å². The monoisotopic (exact) mass is 322 g/mol. The van der Waals surface area contributed by atoms with Crippen LogP contribution in [-0.2, 0) is 0 Å². The summed E-state index contributed by atoms with van der Waals surface area (Å²) < 4.78 is 31.5. The molecule has 0 radical (unpaired) electrons. The molecule has 1 fully saturated rings. The number of hydrogen-bond donors (Lipinski definition) is 1. The topological polar surface area (TPSA) is 60.6 Å². The van der Waals surface area contributed by atoms with E-state index in [0.717, 1.165) is 0 Å².